The fourth-order valence-electron chi connectivity index (χ4n) is 22.7. The zero-order valence-electron chi connectivity index (χ0n) is 67.5. The van der Waals surface area contributed by atoms with Crippen LogP contribution >= 0.6 is 0 Å². The van der Waals surface area contributed by atoms with Crippen molar-refractivity contribution in [3.8, 4) is 56.3 Å². The van der Waals surface area contributed by atoms with Crippen molar-refractivity contribution in [2.75, 3.05) is 0 Å². The summed E-state index contributed by atoms with van der Waals surface area (Å²) in [6.45, 7) is 20.8. The molecular weight excluding hydrogens is 1280 g/mol. The topological polar surface area (TPSA) is 19.4 Å². The van der Waals surface area contributed by atoms with Gasteiger partial charge in [0, 0.05) is 105 Å². The Hall–Kier alpha value is -8.15. The van der Waals surface area contributed by atoms with Crippen LogP contribution in [0.4, 0.5) is 0 Å². The Kier molecular flexibility index (Phi) is 20.0. The third kappa shape index (κ3) is 12.9. The molecule has 5 aromatic carbocycles. The van der Waals surface area contributed by atoms with Gasteiger partial charge in [0.15, 0.2) is 29.5 Å². The van der Waals surface area contributed by atoms with Crippen LogP contribution in [0.3, 0.4) is 0 Å². The Bertz CT molecular complexity index is 5150. The van der Waals surface area contributed by atoms with Crippen LogP contribution in [0.25, 0.3) is 56.3 Å². The fraction of sp³-hybridized carbons (Fsp3) is 0.455. The van der Waals surface area contributed by atoms with Crippen LogP contribution in [0.1, 0.15) is 243 Å². The van der Waals surface area contributed by atoms with Gasteiger partial charge < -0.3 is 0 Å². The first-order chi connectivity index (χ1) is 51.3. The molecule has 0 radical (unpaired) electrons. The van der Waals surface area contributed by atoms with Crippen LogP contribution < -0.4 is 22.8 Å². The van der Waals surface area contributed by atoms with E-state index in [0.717, 1.165) is 0 Å². The lowest BCUT2D eigenvalue weighted by Gasteiger charge is -2.33. The largest absolute Gasteiger partial charge is 0.216 e. The lowest BCUT2D eigenvalue weighted by Crippen LogP contribution is -2.41. The van der Waals surface area contributed by atoms with Gasteiger partial charge in [-0.2, -0.15) is 13.7 Å². The molecule has 5 heterocycles. The smallest absolute Gasteiger partial charge is 0.201 e. The van der Waals surface area contributed by atoms with Gasteiger partial charge in [-0.1, -0.05) is 68.4 Å². The number of aromatic nitrogens is 5. The summed E-state index contributed by atoms with van der Waals surface area (Å²) in [5.41, 5.74) is 55.3. The number of pyridine rings is 5. The number of benzene rings is 5. The molecular formula is C101H122N5+5. The van der Waals surface area contributed by atoms with Gasteiger partial charge in [-0.25, -0.2) is 9.13 Å². The maximum absolute atomic E-state index is 2.54. The zero-order valence-corrected chi connectivity index (χ0v) is 67.5. The molecule has 2 atom stereocenters. The molecule has 106 heavy (non-hydrogen) atoms. The monoisotopic (exact) mass is 1400 g/mol. The van der Waals surface area contributed by atoms with E-state index in [1.165, 1.54) is 288 Å². The fourth-order valence-corrected chi connectivity index (χ4v) is 22.7. The average molecular weight is 1410 g/mol. The maximum atomic E-state index is 2.54. The van der Waals surface area contributed by atoms with E-state index in [9.17, 15) is 0 Å². The van der Waals surface area contributed by atoms with Gasteiger partial charge in [0.25, 0.3) is 0 Å². The molecule has 0 aliphatic heterocycles. The lowest BCUT2D eigenvalue weighted by atomic mass is 9.71. The molecule has 0 N–H and O–H groups in total. The van der Waals surface area contributed by atoms with Gasteiger partial charge in [0.1, 0.15) is 35.2 Å². The molecule has 0 spiro atoms. The Morgan fingerprint density at radius 3 is 1.02 bits per heavy atom. The highest BCUT2D eigenvalue weighted by Crippen LogP contribution is 2.53. The van der Waals surface area contributed by atoms with E-state index < -0.39 is 0 Å². The van der Waals surface area contributed by atoms with E-state index >= 15 is 0 Å². The average Bonchev–Trinajstić information content (AvgIpc) is 1.35. The highest BCUT2D eigenvalue weighted by molar-refractivity contribution is 5.73. The molecule has 10 aromatic rings. The van der Waals surface area contributed by atoms with Crippen molar-refractivity contribution < 1.29 is 22.8 Å². The minimum Gasteiger partial charge on any atom is -0.201 e. The van der Waals surface area contributed by atoms with E-state index in [0.29, 0.717) is 10.8 Å². The minimum absolute atomic E-state index is 0.459. The SMILES string of the molecule is Cc1cc[n+](C)c(-c2cc3c4c(c2C)CCC4(C)CC3)c1.Cc1cc[n+](C)c(-c2cc3c4c(c2C)CCC4(C)CCC3)c1.Cc1ccccc1-c1c2c(c3c([n+]1C)CCC3)CCC2.Cc1ccccc1-c1c2c(c3c([n+]1C)CCC3)CCCC2.Cc1ccccc1-c1c2c(c3c([n+]1C)CCCC3)CCCC2. The van der Waals surface area contributed by atoms with Crippen LogP contribution in [0.15, 0.2) is 122 Å². The number of hydrogen-bond acceptors (Lipinski definition) is 0. The first-order valence-electron chi connectivity index (χ1n) is 41.9. The second kappa shape index (κ2) is 29.4. The van der Waals surface area contributed by atoms with E-state index in [-0.39, 0.29) is 0 Å². The predicted octanol–water partition coefficient (Wildman–Crippen LogP) is 19.8. The van der Waals surface area contributed by atoms with Gasteiger partial charge in [-0.15, -0.1) is 0 Å². The first kappa shape index (κ1) is 72.1. The molecule has 0 amide bonds. The Balaban J connectivity index is 0.000000102. The van der Waals surface area contributed by atoms with E-state index in [2.05, 4.69) is 242 Å². The van der Waals surface area contributed by atoms with Gasteiger partial charge in [0.2, 0.25) is 28.5 Å². The van der Waals surface area contributed by atoms with E-state index in [4.69, 9.17) is 0 Å². The van der Waals surface area contributed by atoms with Gasteiger partial charge in [0.05, 0.1) is 0 Å². The summed E-state index contributed by atoms with van der Waals surface area (Å²) >= 11 is 0. The molecule has 5 aromatic heterocycles. The van der Waals surface area contributed by atoms with E-state index in [1.54, 1.807) is 101 Å². The molecule has 5 heteroatoms. The van der Waals surface area contributed by atoms with Crippen molar-refractivity contribution in [3.63, 3.8) is 0 Å². The molecule has 5 nitrogen and oxygen atoms in total. The first-order valence-corrected chi connectivity index (χ1v) is 41.9. The van der Waals surface area contributed by atoms with Crippen molar-refractivity contribution in [2.24, 2.45) is 35.2 Å². The Morgan fingerprint density at radius 1 is 0.274 bits per heavy atom. The quantitative estimate of drug-likeness (QED) is 0.153. The standard InChI is InChI=1S/2C21H26N.2C20H24N.C19H22N/c1-14-8-11-22(4)19(12-14)18-13-16-6-5-9-21(3)10-7-17(15(18)2)20(16)21;1-15-9-3-4-10-16(15)21-19-13-6-5-11-17(19)18-12-7-8-14-20(18)22(21)2;1-13-7-10-21(4)18(11-13)17-12-15-5-8-20(3)9-6-16(14(17)2)19(15)20;1-14-8-3-4-9-15(14)20-18-11-6-5-10-16(18)17-12-7-13-19(17)21(20)2;1-13-7-3-4-8-14(13)19-17-11-5-9-15(17)16-10-6-12-18(16)20(19)2/h8,11-13H,5-7,9-10H2,1-4H3;3-4,9-10H,5-8,11-14H2,1-2H3;7,10-12H,5-6,8-9H2,1-4H3;3-4,8-9H,5-7,10-13H2,1-2H3;3-4,7-8H,5-6,9-12H2,1-2H3/q5*+1. The summed E-state index contributed by atoms with van der Waals surface area (Å²) in [4.78, 5) is 0. The predicted molar refractivity (Wildman–Crippen MR) is 437 cm³/mol. The minimum atomic E-state index is 0.459. The van der Waals surface area contributed by atoms with Crippen molar-refractivity contribution in [3.05, 3.63) is 261 Å². The third-order valence-electron chi connectivity index (χ3n) is 28.3. The summed E-state index contributed by atoms with van der Waals surface area (Å²) in [7, 11) is 11.2. The van der Waals surface area contributed by atoms with Crippen molar-refractivity contribution >= 4 is 0 Å². The molecule has 546 valence electrons. The second-order valence-corrected chi connectivity index (χ2v) is 35.0. The molecule has 10 aliphatic rings. The number of nitrogens with zero attached hydrogens (tertiary/aromatic N) is 5. The normalized spacial score (nSPS) is 19.1. The highest BCUT2D eigenvalue weighted by atomic mass is 15.0. The molecule has 0 saturated carbocycles. The highest BCUT2D eigenvalue weighted by Gasteiger charge is 2.44. The van der Waals surface area contributed by atoms with Crippen molar-refractivity contribution in [1.82, 2.24) is 0 Å². The summed E-state index contributed by atoms with van der Waals surface area (Å²) in [5.74, 6) is 0. The molecule has 2 unspecified atom stereocenters. The number of hydrogen-bond donors (Lipinski definition) is 0. The molecule has 0 bridgehead atoms. The van der Waals surface area contributed by atoms with Gasteiger partial charge in [-0.05, 0) is 352 Å². The molecule has 20 rings (SSSR count). The van der Waals surface area contributed by atoms with Crippen molar-refractivity contribution in [1.29, 1.82) is 0 Å². The third-order valence-corrected chi connectivity index (χ3v) is 28.3. The summed E-state index contributed by atoms with van der Waals surface area (Å²) < 4.78 is 12.1. The lowest BCUT2D eigenvalue weighted by molar-refractivity contribution is -0.669. The Morgan fingerprint density at radius 2 is 0.594 bits per heavy atom. The van der Waals surface area contributed by atoms with Crippen LogP contribution in [-0.2, 0) is 149 Å². The second-order valence-electron chi connectivity index (χ2n) is 35.0. The number of aryl methyl sites for hydroxylation is 9. The molecule has 0 saturated heterocycles. The number of fused-ring (bicyclic) bond motifs is 9. The van der Waals surface area contributed by atoms with Crippen LogP contribution in [-0.4, -0.2) is 0 Å². The summed E-state index contributed by atoms with van der Waals surface area (Å²) in [6.07, 6.45) is 43.8. The molecule has 0 fully saturated rings. The van der Waals surface area contributed by atoms with Crippen LogP contribution in [0, 0.1) is 48.5 Å². The van der Waals surface area contributed by atoms with Crippen LogP contribution in [0.2, 0.25) is 0 Å². The number of rotatable bonds is 5. The van der Waals surface area contributed by atoms with E-state index in [1.807, 2.05) is 0 Å². The molecule has 10 aliphatic carbocycles. The zero-order chi connectivity index (χ0) is 73.4. The maximum Gasteiger partial charge on any atom is 0.216 e. The summed E-state index contributed by atoms with van der Waals surface area (Å²) in [6, 6.07) is 40.7. The van der Waals surface area contributed by atoms with Gasteiger partial charge in [-0.3, -0.25) is 0 Å². The summed E-state index contributed by atoms with van der Waals surface area (Å²) in [5, 5.41) is 0. The Labute approximate surface area is 637 Å². The van der Waals surface area contributed by atoms with Crippen molar-refractivity contribution in [2.45, 2.75) is 266 Å². The van der Waals surface area contributed by atoms with Crippen LogP contribution in [0.5, 0.6) is 0 Å². The van der Waals surface area contributed by atoms with Gasteiger partial charge >= 0.3 is 0 Å².